The van der Waals surface area contributed by atoms with Gasteiger partial charge in [-0.05, 0) is 18.1 Å². The minimum atomic E-state index is 0.429. The maximum Gasteiger partial charge on any atom is 0.140 e. The second-order valence-electron chi connectivity index (χ2n) is 5.62. The molecule has 2 aromatic carbocycles. The molecule has 0 fully saturated rings. The quantitative estimate of drug-likeness (QED) is 0.804. The normalized spacial score (nSPS) is 10.4. The van der Waals surface area contributed by atoms with Gasteiger partial charge in [0.1, 0.15) is 17.5 Å². The fourth-order valence-electron chi connectivity index (χ4n) is 2.55. The number of hydrogen-bond donors (Lipinski definition) is 1. The van der Waals surface area contributed by atoms with Crippen molar-refractivity contribution in [2.75, 3.05) is 5.73 Å². The average Bonchev–Trinajstić information content (AvgIpc) is 2.85. The van der Waals surface area contributed by atoms with Gasteiger partial charge in [-0.2, -0.15) is 10.4 Å². The van der Waals surface area contributed by atoms with Crippen molar-refractivity contribution < 1.29 is 0 Å². The van der Waals surface area contributed by atoms with Crippen molar-refractivity contribution in [3.8, 4) is 6.07 Å². The van der Waals surface area contributed by atoms with E-state index in [2.05, 4.69) is 42.4 Å². The Bertz CT molecular complexity index is 840. The third-order valence-electron chi connectivity index (χ3n) is 3.84. The summed E-state index contributed by atoms with van der Waals surface area (Å²) >= 11 is 0. The first-order chi connectivity index (χ1) is 11.2. The highest BCUT2D eigenvalue weighted by molar-refractivity contribution is 5.53. The van der Waals surface area contributed by atoms with Crippen molar-refractivity contribution in [3.05, 3.63) is 82.5 Å². The third-order valence-corrected chi connectivity index (χ3v) is 3.84. The van der Waals surface area contributed by atoms with Gasteiger partial charge in [0.25, 0.3) is 0 Å². The van der Waals surface area contributed by atoms with Crippen molar-refractivity contribution in [1.82, 2.24) is 9.78 Å². The SMILES string of the molecule is Cc1ccc(Cc2nn(Cc3ccccc3)c(N)c2C#N)cc1. The van der Waals surface area contributed by atoms with E-state index < -0.39 is 0 Å². The third kappa shape index (κ3) is 3.24. The average molecular weight is 302 g/mol. The van der Waals surface area contributed by atoms with Gasteiger partial charge in [-0.3, -0.25) is 0 Å². The summed E-state index contributed by atoms with van der Waals surface area (Å²) in [6.45, 7) is 2.62. The Morgan fingerprint density at radius 1 is 1.04 bits per heavy atom. The molecule has 4 heteroatoms. The second-order valence-corrected chi connectivity index (χ2v) is 5.62. The lowest BCUT2D eigenvalue weighted by Gasteiger charge is -2.03. The first-order valence-corrected chi connectivity index (χ1v) is 7.52. The summed E-state index contributed by atoms with van der Waals surface area (Å²) in [6.07, 6.45) is 0.606. The molecule has 1 heterocycles. The lowest BCUT2D eigenvalue weighted by molar-refractivity contribution is 0.684. The first-order valence-electron chi connectivity index (χ1n) is 7.52. The highest BCUT2D eigenvalue weighted by atomic mass is 15.3. The number of aromatic nitrogens is 2. The molecule has 4 nitrogen and oxygen atoms in total. The molecule has 0 unspecified atom stereocenters. The molecule has 0 radical (unpaired) electrons. The predicted molar refractivity (Wildman–Crippen MR) is 90.9 cm³/mol. The van der Waals surface area contributed by atoms with Gasteiger partial charge in [-0.25, -0.2) is 4.68 Å². The van der Waals surface area contributed by atoms with Gasteiger partial charge < -0.3 is 5.73 Å². The Balaban J connectivity index is 1.90. The lowest BCUT2D eigenvalue weighted by Crippen LogP contribution is -2.06. The molecule has 0 amide bonds. The summed E-state index contributed by atoms with van der Waals surface area (Å²) in [7, 11) is 0. The number of rotatable bonds is 4. The molecular formula is C19H18N4. The van der Waals surface area contributed by atoms with E-state index in [0.717, 1.165) is 16.8 Å². The monoisotopic (exact) mass is 302 g/mol. The van der Waals surface area contributed by atoms with E-state index in [9.17, 15) is 5.26 Å². The minimum absolute atomic E-state index is 0.429. The van der Waals surface area contributed by atoms with Crippen LogP contribution in [-0.2, 0) is 13.0 Å². The summed E-state index contributed by atoms with van der Waals surface area (Å²) in [5.41, 5.74) is 10.8. The van der Waals surface area contributed by atoms with Crippen LogP contribution in [-0.4, -0.2) is 9.78 Å². The van der Waals surface area contributed by atoms with Crippen LogP contribution in [0.1, 0.15) is 27.9 Å². The predicted octanol–water partition coefficient (Wildman–Crippen LogP) is 3.28. The number of anilines is 1. The summed E-state index contributed by atoms with van der Waals surface area (Å²) in [6, 6.07) is 20.4. The zero-order valence-corrected chi connectivity index (χ0v) is 13.0. The van der Waals surface area contributed by atoms with Crippen LogP contribution < -0.4 is 5.73 Å². The van der Waals surface area contributed by atoms with E-state index in [4.69, 9.17) is 5.73 Å². The molecule has 0 atom stereocenters. The number of nitrogen functional groups attached to an aromatic ring is 1. The molecule has 0 saturated heterocycles. The Kier molecular flexibility index (Phi) is 4.11. The number of nitriles is 1. The Hall–Kier alpha value is -3.06. The highest BCUT2D eigenvalue weighted by Gasteiger charge is 2.15. The summed E-state index contributed by atoms with van der Waals surface area (Å²) in [4.78, 5) is 0. The molecule has 1 aromatic heterocycles. The van der Waals surface area contributed by atoms with Crippen molar-refractivity contribution >= 4 is 5.82 Å². The standard InChI is InChI=1S/C19H18N4/c1-14-7-9-15(10-8-14)11-18-17(12-20)19(21)23(22-18)13-16-5-3-2-4-6-16/h2-10H,11,13,21H2,1H3. The molecule has 0 saturated carbocycles. The molecule has 2 N–H and O–H groups in total. The van der Waals surface area contributed by atoms with Crippen LogP contribution in [0.4, 0.5) is 5.82 Å². The van der Waals surface area contributed by atoms with E-state index >= 15 is 0 Å². The molecule has 23 heavy (non-hydrogen) atoms. The molecule has 0 bridgehead atoms. The maximum absolute atomic E-state index is 9.42. The summed E-state index contributed by atoms with van der Waals surface area (Å²) in [5, 5.41) is 14.0. The molecule has 0 spiro atoms. The van der Waals surface area contributed by atoms with Crippen molar-refractivity contribution in [3.63, 3.8) is 0 Å². The van der Waals surface area contributed by atoms with Crippen LogP contribution in [0.5, 0.6) is 0 Å². The Labute approximate surface area is 135 Å². The number of nitrogens with two attached hydrogens (primary N) is 1. The van der Waals surface area contributed by atoms with E-state index in [1.165, 1.54) is 5.56 Å². The van der Waals surface area contributed by atoms with Crippen LogP contribution in [0.2, 0.25) is 0 Å². The molecule has 114 valence electrons. The van der Waals surface area contributed by atoms with Gasteiger partial charge in [-0.15, -0.1) is 0 Å². The molecule has 0 aliphatic heterocycles. The van der Waals surface area contributed by atoms with Gasteiger partial charge in [0, 0.05) is 6.42 Å². The van der Waals surface area contributed by atoms with Crippen LogP contribution in [0.3, 0.4) is 0 Å². The van der Waals surface area contributed by atoms with E-state index in [0.29, 0.717) is 24.3 Å². The first kappa shape index (κ1) is 14.9. The van der Waals surface area contributed by atoms with Crippen molar-refractivity contribution in [2.45, 2.75) is 19.9 Å². The highest BCUT2D eigenvalue weighted by Crippen LogP contribution is 2.20. The number of benzene rings is 2. The topological polar surface area (TPSA) is 67.6 Å². The lowest BCUT2D eigenvalue weighted by atomic mass is 10.1. The van der Waals surface area contributed by atoms with Gasteiger partial charge in [0.05, 0.1) is 12.2 Å². The minimum Gasteiger partial charge on any atom is -0.383 e. The fraction of sp³-hybridized carbons (Fsp3) is 0.158. The maximum atomic E-state index is 9.42. The van der Waals surface area contributed by atoms with Gasteiger partial charge in [0.2, 0.25) is 0 Å². The molecule has 3 aromatic rings. The van der Waals surface area contributed by atoms with Gasteiger partial charge in [-0.1, -0.05) is 60.2 Å². The number of aryl methyl sites for hydroxylation is 1. The zero-order chi connectivity index (χ0) is 16.2. The summed E-state index contributed by atoms with van der Waals surface area (Å²) in [5.74, 6) is 0.429. The van der Waals surface area contributed by atoms with Crippen LogP contribution in [0.25, 0.3) is 0 Å². The van der Waals surface area contributed by atoms with E-state index in [1.807, 2.05) is 30.3 Å². The zero-order valence-electron chi connectivity index (χ0n) is 13.0. The molecule has 0 aliphatic carbocycles. The van der Waals surface area contributed by atoms with Gasteiger partial charge in [0.15, 0.2) is 0 Å². The Morgan fingerprint density at radius 2 is 1.74 bits per heavy atom. The Morgan fingerprint density at radius 3 is 2.39 bits per heavy atom. The van der Waals surface area contributed by atoms with Gasteiger partial charge >= 0.3 is 0 Å². The van der Waals surface area contributed by atoms with Crippen molar-refractivity contribution in [2.24, 2.45) is 0 Å². The van der Waals surface area contributed by atoms with Crippen LogP contribution in [0.15, 0.2) is 54.6 Å². The number of hydrogen-bond acceptors (Lipinski definition) is 3. The molecule has 0 aliphatic rings. The summed E-state index contributed by atoms with van der Waals surface area (Å²) < 4.78 is 1.71. The van der Waals surface area contributed by atoms with E-state index in [1.54, 1.807) is 4.68 Å². The molecule has 3 rings (SSSR count). The molecular weight excluding hydrogens is 284 g/mol. The van der Waals surface area contributed by atoms with Crippen LogP contribution in [0, 0.1) is 18.3 Å². The fourth-order valence-corrected chi connectivity index (χ4v) is 2.55. The number of nitrogens with zero attached hydrogens (tertiary/aromatic N) is 3. The van der Waals surface area contributed by atoms with Crippen LogP contribution >= 0.6 is 0 Å². The second kappa shape index (κ2) is 6.37. The smallest absolute Gasteiger partial charge is 0.140 e. The largest absolute Gasteiger partial charge is 0.383 e. The van der Waals surface area contributed by atoms with Crippen molar-refractivity contribution in [1.29, 1.82) is 5.26 Å². The van der Waals surface area contributed by atoms with E-state index in [-0.39, 0.29) is 0 Å².